The molecular formula is C7H16O3Si. The highest BCUT2D eigenvalue weighted by atomic mass is 28.2. The normalized spacial score (nSPS) is 11.5. The first-order valence-electron chi connectivity index (χ1n) is 3.72. The van der Waals surface area contributed by atoms with Crippen molar-refractivity contribution in [1.82, 2.24) is 0 Å². The Morgan fingerprint density at radius 1 is 1.55 bits per heavy atom. The van der Waals surface area contributed by atoms with Gasteiger partial charge < -0.3 is 9.16 Å². The molecule has 0 radical (unpaired) electrons. The van der Waals surface area contributed by atoms with Crippen LogP contribution in [0.5, 0.6) is 0 Å². The molecule has 66 valence electrons. The predicted octanol–water partition coefficient (Wildman–Crippen LogP) is 0.0152. The summed E-state index contributed by atoms with van der Waals surface area (Å²) in [5.74, 6) is -0.266. The number of carbonyl (C=O) groups is 1. The fourth-order valence-electron chi connectivity index (χ4n) is 0.415. The average molecular weight is 176 g/mol. The van der Waals surface area contributed by atoms with Crippen LogP contribution >= 0.6 is 0 Å². The van der Waals surface area contributed by atoms with Crippen molar-refractivity contribution in [3.05, 3.63) is 0 Å². The summed E-state index contributed by atoms with van der Waals surface area (Å²) in [4.78, 5) is 10.7. The van der Waals surface area contributed by atoms with Gasteiger partial charge >= 0.3 is 5.97 Å². The molecular weight excluding hydrogens is 160 g/mol. The van der Waals surface area contributed by atoms with E-state index in [1.165, 1.54) is 0 Å². The summed E-state index contributed by atoms with van der Waals surface area (Å²) < 4.78 is 9.84. The van der Waals surface area contributed by atoms with Crippen LogP contribution in [0.25, 0.3) is 0 Å². The lowest BCUT2D eigenvalue weighted by molar-refractivity contribution is -0.145. The lowest BCUT2D eigenvalue weighted by atomic mass is 10.1. The number of rotatable bonds is 4. The zero-order valence-electron chi connectivity index (χ0n) is 7.64. The monoisotopic (exact) mass is 176 g/mol. The van der Waals surface area contributed by atoms with Crippen LogP contribution in [0.1, 0.15) is 27.2 Å². The molecule has 0 fully saturated rings. The van der Waals surface area contributed by atoms with Gasteiger partial charge in [-0.25, -0.2) is 0 Å². The number of hydrogen-bond acceptors (Lipinski definition) is 3. The Balaban J connectivity index is 3.61. The van der Waals surface area contributed by atoms with Crippen molar-refractivity contribution in [3.63, 3.8) is 0 Å². The Bertz CT molecular complexity index is 134. The zero-order chi connectivity index (χ0) is 8.91. The summed E-state index contributed by atoms with van der Waals surface area (Å²) in [6, 6.07) is 0. The maximum atomic E-state index is 10.7. The molecule has 0 saturated carbocycles. The zero-order valence-corrected chi connectivity index (χ0v) is 9.64. The van der Waals surface area contributed by atoms with E-state index < -0.39 is 0 Å². The van der Waals surface area contributed by atoms with Crippen molar-refractivity contribution in [2.75, 3.05) is 6.61 Å². The fourth-order valence-corrected chi connectivity index (χ4v) is 0.533. The quantitative estimate of drug-likeness (QED) is 0.566. The maximum absolute atomic E-state index is 10.7. The molecule has 0 aliphatic heterocycles. The Morgan fingerprint density at radius 2 is 2.09 bits per heavy atom. The summed E-state index contributed by atoms with van der Waals surface area (Å²) in [5.41, 5.74) is -0.213. The van der Waals surface area contributed by atoms with E-state index in [1.54, 1.807) is 0 Å². The fraction of sp³-hybridized carbons (Fsp3) is 0.857. The van der Waals surface area contributed by atoms with Gasteiger partial charge in [0, 0.05) is 0 Å². The Hall–Kier alpha value is -0.353. The molecule has 0 aromatic rings. The molecule has 0 aromatic carbocycles. The third kappa shape index (κ3) is 4.98. The van der Waals surface area contributed by atoms with E-state index in [0.29, 0.717) is 10.5 Å². The largest absolute Gasteiger partial charge is 0.527 e. The molecule has 0 heterocycles. The second-order valence-corrected chi connectivity index (χ2v) is 3.39. The van der Waals surface area contributed by atoms with Gasteiger partial charge in [-0.2, -0.15) is 0 Å². The Morgan fingerprint density at radius 3 is 2.45 bits per heavy atom. The summed E-state index contributed by atoms with van der Waals surface area (Å²) in [6.45, 7) is 6.00. The van der Waals surface area contributed by atoms with Gasteiger partial charge in [0.05, 0.1) is 5.60 Å². The van der Waals surface area contributed by atoms with Gasteiger partial charge in [0.25, 0.3) is 0 Å². The van der Waals surface area contributed by atoms with E-state index in [1.807, 2.05) is 20.8 Å². The van der Waals surface area contributed by atoms with Gasteiger partial charge in [0.2, 0.25) is 10.5 Å². The van der Waals surface area contributed by atoms with Crippen LogP contribution in [0.4, 0.5) is 0 Å². The van der Waals surface area contributed by atoms with Crippen LogP contribution in [0.15, 0.2) is 0 Å². The molecule has 0 spiro atoms. The lowest BCUT2D eigenvalue weighted by Gasteiger charge is -2.22. The maximum Gasteiger partial charge on any atom is 0.318 e. The van der Waals surface area contributed by atoms with Crippen molar-refractivity contribution in [1.29, 1.82) is 0 Å². The summed E-state index contributed by atoms with van der Waals surface area (Å²) >= 11 is 0. The smallest absolute Gasteiger partial charge is 0.318 e. The first kappa shape index (κ1) is 10.6. The molecule has 0 saturated heterocycles. The SMILES string of the molecule is CCC(C)(C)OCC(=O)O[SiH3]. The molecule has 0 rings (SSSR count). The van der Waals surface area contributed by atoms with Gasteiger partial charge in [-0.1, -0.05) is 6.92 Å². The van der Waals surface area contributed by atoms with Crippen molar-refractivity contribution in [2.24, 2.45) is 0 Å². The topological polar surface area (TPSA) is 35.5 Å². The predicted molar refractivity (Wildman–Crippen MR) is 46.4 cm³/mol. The molecule has 0 atom stereocenters. The molecule has 0 amide bonds. The van der Waals surface area contributed by atoms with Crippen molar-refractivity contribution < 1.29 is 14.0 Å². The molecule has 0 aliphatic carbocycles. The molecule has 4 heteroatoms. The van der Waals surface area contributed by atoms with Gasteiger partial charge in [0.15, 0.2) is 0 Å². The van der Waals surface area contributed by atoms with E-state index in [9.17, 15) is 4.79 Å². The van der Waals surface area contributed by atoms with Gasteiger partial charge in [-0.3, -0.25) is 4.79 Å². The number of ether oxygens (including phenoxy) is 1. The highest BCUT2D eigenvalue weighted by molar-refractivity contribution is 6.05. The van der Waals surface area contributed by atoms with E-state index in [2.05, 4.69) is 4.43 Å². The van der Waals surface area contributed by atoms with Crippen molar-refractivity contribution in [3.8, 4) is 0 Å². The molecule has 0 aliphatic rings. The first-order chi connectivity index (χ1) is 5.02. The van der Waals surface area contributed by atoms with Crippen molar-refractivity contribution >= 4 is 16.5 Å². The standard InChI is InChI=1S/C7H16O3Si/c1-4-7(2,3)9-5-6(8)10-11/h4-5H2,1-3,11H3. The van der Waals surface area contributed by atoms with Crippen LogP contribution in [0, 0.1) is 0 Å². The van der Waals surface area contributed by atoms with Gasteiger partial charge in [-0.05, 0) is 20.3 Å². The molecule has 0 N–H and O–H groups in total. The van der Waals surface area contributed by atoms with Crippen LogP contribution in [-0.4, -0.2) is 28.7 Å². The highest BCUT2D eigenvalue weighted by Gasteiger charge is 2.16. The Kier molecular flexibility index (Phi) is 4.36. The van der Waals surface area contributed by atoms with Crippen LogP contribution in [0.3, 0.4) is 0 Å². The van der Waals surface area contributed by atoms with E-state index in [-0.39, 0.29) is 18.2 Å². The second-order valence-electron chi connectivity index (χ2n) is 2.98. The van der Waals surface area contributed by atoms with E-state index in [4.69, 9.17) is 4.74 Å². The molecule has 0 bridgehead atoms. The summed E-state index contributed by atoms with van der Waals surface area (Å²) in [6.07, 6.45) is 0.890. The molecule has 0 aromatic heterocycles. The minimum atomic E-state index is -0.266. The second kappa shape index (κ2) is 4.51. The highest BCUT2D eigenvalue weighted by Crippen LogP contribution is 2.12. The average Bonchev–Trinajstić information content (AvgIpc) is 2.00. The van der Waals surface area contributed by atoms with Crippen LogP contribution < -0.4 is 0 Å². The van der Waals surface area contributed by atoms with E-state index >= 15 is 0 Å². The minimum absolute atomic E-state index is 0.0737. The third-order valence-electron chi connectivity index (χ3n) is 1.66. The van der Waals surface area contributed by atoms with Crippen molar-refractivity contribution in [2.45, 2.75) is 32.8 Å². The molecule has 3 nitrogen and oxygen atoms in total. The number of carbonyl (C=O) groups excluding carboxylic acids is 1. The first-order valence-corrected chi connectivity index (χ1v) is 4.54. The van der Waals surface area contributed by atoms with E-state index in [0.717, 1.165) is 6.42 Å². The molecule has 11 heavy (non-hydrogen) atoms. The molecule has 0 unspecified atom stereocenters. The summed E-state index contributed by atoms with van der Waals surface area (Å²) in [5, 5.41) is 0. The van der Waals surface area contributed by atoms with Gasteiger partial charge in [0.1, 0.15) is 6.61 Å². The Labute approximate surface area is 70.6 Å². The number of hydrogen-bond donors (Lipinski definition) is 0. The third-order valence-corrected chi connectivity index (χ3v) is 2.12. The lowest BCUT2D eigenvalue weighted by Crippen LogP contribution is -2.27. The van der Waals surface area contributed by atoms with Crippen LogP contribution in [-0.2, 0) is 14.0 Å². The minimum Gasteiger partial charge on any atom is -0.527 e. The summed E-state index contributed by atoms with van der Waals surface area (Å²) in [7, 11) is 0.446. The van der Waals surface area contributed by atoms with Gasteiger partial charge in [-0.15, -0.1) is 0 Å². The van der Waals surface area contributed by atoms with Crippen LogP contribution in [0.2, 0.25) is 0 Å².